The second kappa shape index (κ2) is 7.31. The van der Waals surface area contributed by atoms with Crippen molar-refractivity contribution in [2.45, 2.75) is 40.0 Å². The van der Waals surface area contributed by atoms with Crippen LogP contribution in [0, 0.1) is 14.9 Å². The maximum Gasteiger partial charge on any atom is 0.257 e. The Morgan fingerprint density at radius 1 is 1.27 bits per heavy atom. The lowest BCUT2D eigenvalue weighted by Crippen LogP contribution is -2.27. The van der Waals surface area contributed by atoms with E-state index in [0.29, 0.717) is 22.0 Å². The van der Waals surface area contributed by atoms with E-state index in [-0.39, 0.29) is 11.3 Å². The van der Waals surface area contributed by atoms with Crippen LogP contribution >= 0.6 is 33.9 Å². The summed E-state index contributed by atoms with van der Waals surface area (Å²) in [5.41, 5.74) is 8.01. The molecule has 0 radical (unpaired) electrons. The molecule has 138 valence electrons. The molecule has 26 heavy (non-hydrogen) atoms. The molecule has 0 saturated carbocycles. The predicted octanol–water partition coefficient (Wildman–Crippen LogP) is 4.85. The minimum absolute atomic E-state index is 0.205. The molecular weight excluding hydrogens is 459 g/mol. The van der Waals surface area contributed by atoms with Gasteiger partial charge in [-0.05, 0) is 70.9 Å². The number of primary amides is 1. The van der Waals surface area contributed by atoms with Gasteiger partial charge in [-0.1, -0.05) is 32.9 Å². The lowest BCUT2D eigenvalue weighted by Gasteiger charge is -2.33. The van der Waals surface area contributed by atoms with Gasteiger partial charge in [-0.2, -0.15) is 0 Å². The lowest BCUT2D eigenvalue weighted by atomic mass is 9.72. The van der Waals surface area contributed by atoms with E-state index < -0.39 is 5.91 Å². The molecular formula is C20H23IN2O2S. The van der Waals surface area contributed by atoms with Gasteiger partial charge in [0.05, 0.1) is 11.1 Å². The molecule has 4 nitrogen and oxygen atoms in total. The Morgan fingerprint density at radius 2 is 1.96 bits per heavy atom. The van der Waals surface area contributed by atoms with Crippen molar-refractivity contribution >= 4 is 50.7 Å². The molecule has 0 unspecified atom stereocenters. The number of hydrogen-bond donors (Lipinski definition) is 2. The molecule has 1 atom stereocenters. The first kappa shape index (κ1) is 19.4. The highest BCUT2D eigenvalue weighted by Gasteiger charge is 2.33. The van der Waals surface area contributed by atoms with Gasteiger partial charge in [0.15, 0.2) is 0 Å². The van der Waals surface area contributed by atoms with Crippen molar-refractivity contribution < 1.29 is 9.59 Å². The molecule has 1 aliphatic carbocycles. The lowest BCUT2D eigenvalue weighted by molar-refractivity contribution is 0.1000. The van der Waals surface area contributed by atoms with Gasteiger partial charge in [-0.25, -0.2) is 0 Å². The molecule has 0 spiro atoms. The zero-order chi connectivity index (χ0) is 19.1. The first-order chi connectivity index (χ1) is 12.2. The van der Waals surface area contributed by atoms with Crippen LogP contribution in [0.5, 0.6) is 0 Å². The third-order valence-corrected chi connectivity index (χ3v) is 7.19. The molecule has 3 rings (SSSR count). The van der Waals surface area contributed by atoms with Crippen LogP contribution in [0.4, 0.5) is 5.00 Å². The number of carbonyl (C=O) groups is 2. The number of nitrogens with two attached hydrogens (primary N) is 1. The highest BCUT2D eigenvalue weighted by molar-refractivity contribution is 14.1. The van der Waals surface area contributed by atoms with E-state index in [2.05, 4.69) is 48.7 Å². The Balaban J connectivity index is 1.94. The number of rotatable bonds is 3. The molecule has 6 heteroatoms. The first-order valence-corrected chi connectivity index (χ1v) is 10.6. The smallest absolute Gasteiger partial charge is 0.257 e. The van der Waals surface area contributed by atoms with Crippen LogP contribution < -0.4 is 11.1 Å². The zero-order valence-electron chi connectivity index (χ0n) is 15.2. The van der Waals surface area contributed by atoms with Crippen LogP contribution in [0.1, 0.15) is 58.3 Å². The highest BCUT2D eigenvalue weighted by atomic mass is 127. The Bertz CT molecular complexity index is 867. The minimum atomic E-state index is -0.463. The van der Waals surface area contributed by atoms with Gasteiger partial charge < -0.3 is 11.1 Å². The van der Waals surface area contributed by atoms with Crippen LogP contribution in [-0.2, 0) is 12.8 Å². The summed E-state index contributed by atoms with van der Waals surface area (Å²) >= 11 is 3.64. The number of amides is 2. The minimum Gasteiger partial charge on any atom is -0.365 e. The molecule has 2 aromatic rings. The normalized spacial score (nSPS) is 16.8. The molecule has 1 aliphatic rings. The Hall–Kier alpha value is -1.41. The molecule has 1 aromatic carbocycles. The van der Waals surface area contributed by atoms with E-state index >= 15 is 0 Å². The SMILES string of the molecule is CC(C)(C)[C@@H]1CCc2c(sc(NC(=O)c3ccccc3I)c2C(N)=O)C1. The van der Waals surface area contributed by atoms with E-state index in [9.17, 15) is 9.59 Å². The summed E-state index contributed by atoms with van der Waals surface area (Å²) in [5, 5.41) is 3.52. The van der Waals surface area contributed by atoms with Crippen LogP contribution in [0.3, 0.4) is 0 Å². The monoisotopic (exact) mass is 482 g/mol. The second-order valence-electron chi connectivity index (χ2n) is 7.81. The summed E-state index contributed by atoms with van der Waals surface area (Å²) in [6.45, 7) is 6.77. The highest BCUT2D eigenvalue weighted by Crippen LogP contribution is 2.44. The van der Waals surface area contributed by atoms with Gasteiger partial charge in [0.1, 0.15) is 5.00 Å². The Morgan fingerprint density at radius 3 is 2.58 bits per heavy atom. The van der Waals surface area contributed by atoms with Gasteiger partial charge in [0.2, 0.25) is 0 Å². The maximum absolute atomic E-state index is 12.7. The first-order valence-electron chi connectivity index (χ1n) is 8.68. The van der Waals surface area contributed by atoms with E-state index in [0.717, 1.165) is 28.4 Å². The summed E-state index contributed by atoms with van der Waals surface area (Å²) in [6, 6.07) is 7.39. The van der Waals surface area contributed by atoms with E-state index in [4.69, 9.17) is 5.73 Å². The summed E-state index contributed by atoms with van der Waals surface area (Å²) in [7, 11) is 0. The van der Waals surface area contributed by atoms with E-state index in [1.807, 2.05) is 18.2 Å². The fourth-order valence-corrected chi connectivity index (χ4v) is 5.45. The molecule has 0 aliphatic heterocycles. The van der Waals surface area contributed by atoms with Crippen molar-refractivity contribution in [3.05, 3.63) is 49.4 Å². The zero-order valence-corrected chi connectivity index (χ0v) is 18.2. The third-order valence-electron chi connectivity index (χ3n) is 5.08. The van der Waals surface area contributed by atoms with Gasteiger partial charge >= 0.3 is 0 Å². The van der Waals surface area contributed by atoms with Gasteiger partial charge in [-0.15, -0.1) is 11.3 Å². The third kappa shape index (κ3) is 3.81. The van der Waals surface area contributed by atoms with Crippen molar-refractivity contribution in [2.24, 2.45) is 17.1 Å². The molecule has 1 aromatic heterocycles. The predicted molar refractivity (Wildman–Crippen MR) is 115 cm³/mol. The fraction of sp³-hybridized carbons (Fsp3) is 0.400. The van der Waals surface area contributed by atoms with Crippen molar-refractivity contribution in [2.75, 3.05) is 5.32 Å². The van der Waals surface area contributed by atoms with Crippen molar-refractivity contribution in [3.63, 3.8) is 0 Å². The number of fused-ring (bicyclic) bond motifs is 1. The molecule has 1 heterocycles. The summed E-state index contributed by atoms with van der Waals surface area (Å²) in [6.07, 6.45) is 2.81. The largest absolute Gasteiger partial charge is 0.365 e. The number of halogens is 1. The quantitative estimate of drug-likeness (QED) is 0.614. The fourth-order valence-electron chi connectivity index (χ4n) is 3.49. The van der Waals surface area contributed by atoms with Crippen LogP contribution in [-0.4, -0.2) is 11.8 Å². The summed E-state index contributed by atoms with van der Waals surface area (Å²) in [4.78, 5) is 26.0. The van der Waals surface area contributed by atoms with Gasteiger partial charge in [-0.3, -0.25) is 9.59 Å². The van der Waals surface area contributed by atoms with Crippen LogP contribution in [0.15, 0.2) is 24.3 Å². The van der Waals surface area contributed by atoms with Crippen molar-refractivity contribution in [1.82, 2.24) is 0 Å². The molecule has 0 fully saturated rings. The van der Waals surface area contributed by atoms with Crippen LogP contribution in [0.25, 0.3) is 0 Å². The van der Waals surface area contributed by atoms with E-state index in [1.165, 1.54) is 16.2 Å². The van der Waals surface area contributed by atoms with Crippen molar-refractivity contribution in [1.29, 1.82) is 0 Å². The summed E-state index contributed by atoms with van der Waals surface area (Å²) in [5.74, 6) is -0.105. The molecule has 2 amide bonds. The number of benzene rings is 1. The number of carbonyl (C=O) groups excluding carboxylic acids is 2. The average molecular weight is 482 g/mol. The molecule has 0 saturated heterocycles. The number of hydrogen-bond acceptors (Lipinski definition) is 3. The standard InChI is InChI=1S/C20H23IN2O2S/c1-20(2,3)11-8-9-13-15(10-11)26-19(16(13)17(22)24)23-18(25)12-6-4-5-7-14(12)21/h4-7,11H,8-10H2,1-3H3,(H2,22,24)(H,23,25)/t11-/m1/s1. The van der Waals surface area contributed by atoms with Crippen molar-refractivity contribution in [3.8, 4) is 0 Å². The Kier molecular flexibility index (Phi) is 5.44. The number of nitrogens with one attached hydrogen (secondary N) is 1. The molecule has 0 bridgehead atoms. The summed E-state index contributed by atoms with van der Waals surface area (Å²) < 4.78 is 0.873. The van der Waals surface area contributed by atoms with Gasteiger partial charge in [0, 0.05) is 8.45 Å². The number of anilines is 1. The van der Waals surface area contributed by atoms with Gasteiger partial charge in [0.25, 0.3) is 11.8 Å². The average Bonchev–Trinajstić information content (AvgIpc) is 2.91. The number of thiophene rings is 1. The second-order valence-corrected chi connectivity index (χ2v) is 10.1. The van der Waals surface area contributed by atoms with E-state index in [1.54, 1.807) is 6.07 Å². The molecule has 3 N–H and O–H groups in total. The topological polar surface area (TPSA) is 72.2 Å². The van der Waals surface area contributed by atoms with Crippen LogP contribution in [0.2, 0.25) is 0 Å². The Labute approximate surface area is 171 Å². The maximum atomic E-state index is 12.7.